The number of fused-ring (bicyclic) bond motifs is 1. The van der Waals surface area contributed by atoms with Gasteiger partial charge in [-0.05, 0) is 49.3 Å². The number of halogens is 1. The van der Waals surface area contributed by atoms with Crippen molar-refractivity contribution in [2.24, 2.45) is 11.8 Å². The van der Waals surface area contributed by atoms with Crippen LogP contribution in [0.5, 0.6) is 0 Å². The molecular weight excluding hydrogens is 251 g/mol. The first-order valence-electron chi connectivity index (χ1n) is 7.72. The van der Waals surface area contributed by atoms with Gasteiger partial charge in [0.05, 0.1) is 5.56 Å². The van der Waals surface area contributed by atoms with Crippen LogP contribution >= 0.6 is 0 Å². The number of benzene rings is 1. The van der Waals surface area contributed by atoms with Crippen LogP contribution in [0.1, 0.15) is 50.5 Å². The molecule has 0 bridgehead atoms. The first-order valence-corrected chi connectivity index (χ1v) is 7.72. The van der Waals surface area contributed by atoms with Gasteiger partial charge in [0.25, 0.3) is 0 Å². The summed E-state index contributed by atoms with van der Waals surface area (Å²) in [6, 6.07) is 7.13. The molecule has 1 aromatic carbocycles. The Morgan fingerprint density at radius 3 is 2.70 bits per heavy atom. The van der Waals surface area contributed by atoms with Crippen molar-refractivity contribution in [2.45, 2.75) is 51.0 Å². The minimum Gasteiger partial charge on any atom is -0.382 e. The van der Waals surface area contributed by atoms with Crippen LogP contribution in [0.15, 0.2) is 18.2 Å². The zero-order valence-electron chi connectivity index (χ0n) is 11.7. The van der Waals surface area contributed by atoms with Crippen LogP contribution in [0.3, 0.4) is 0 Å². The van der Waals surface area contributed by atoms with E-state index in [1.54, 1.807) is 12.1 Å². The van der Waals surface area contributed by atoms with Crippen molar-refractivity contribution < 1.29 is 4.39 Å². The second-order valence-electron chi connectivity index (χ2n) is 6.27. The van der Waals surface area contributed by atoms with Crippen molar-refractivity contribution >= 4 is 5.69 Å². The van der Waals surface area contributed by atoms with Crippen LogP contribution in [0.4, 0.5) is 10.1 Å². The maximum Gasteiger partial charge on any atom is 0.141 e. The van der Waals surface area contributed by atoms with Gasteiger partial charge in [-0.1, -0.05) is 25.7 Å². The van der Waals surface area contributed by atoms with Crippen LogP contribution in [0.25, 0.3) is 0 Å². The van der Waals surface area contributed by atoms with Crippen LogP contribution in [-0.2, 0) is 0 Å². The maximum atomic E-state index is 13.3. The summed E-state index contributed by atoms with van der Waals surface area (Å²) in [5, 5.41) is 12.4. The third-order valence-corrected chi connectivity index (χ3v) is 5.00. The predicted molar refractivity (Wildman–Crippen MR) is 77.8 cm³/mol. The van der Waals surface area contributed by atoms with E-state index in [9.17, 15) is 4.39 Å². The van der Waals surface area contributed by atoms with Gasteiger partial charge in [0.15, 0.2) is 0 Å². The highest BCUT2D eigenvalue weighted by Gasteiger charge is 2.32. The number of anilines is 1. The molecule has 3 heteroatoms. The van der Waals surface area contributed by atoms with Crippen LogP contribution in [-0.4, -0.2) is 6.04 Å². The van der Waals surface area contributed by atoms with E-state index < -0.39 is 5.82 Å². The van der Waals surface area contributed by atoms with Gasteiger partial charge in [-0.3, -0.25) is 0 Å². The van der Waals surface area contributed by atoms with Crippen molar-refractivity contribution in [3.05, 3.63) is 29.6 Å². The lowest BCUT2D eigenvalue weighted by Gasteiger charge is -2.39. The van der Waals surface area contributed by atoms with Gasteiger partial charge >= 0.3 is 0 Å². The van der Waals surface area contributed by atoms with Gasteiger partial charge in [-0.2, -0.15) is 5.26 Å². The van der Waals surface area contributed by atoms with Crippen molar-refractivity contribution in [1.82, 2.24) is 0 Å². The van der Waals surface area contributed by atoms with E-state index in [-0.39, 0.29) is 5.56 Å². The lowest BCUT2D eigenvalue weighted by atomic mass is 9.69. The molecule has 0 aromatic heterocycles. The topological polar surface area (TPSA) is 35.8 Å². The summed E-state index contributed by atoms with van der Waals surface area (Å²) >= 11 is 0. The lowest BCUT2D eigenvalue weighted by molar-refractivity contribution is 0.162. The van der Waals surface area contributed by atoms with E-state index >= 15 is 0 Å². The highest BCUT2D eigenvalue weighted by molar-refractivity contribution is 5.50. The number of nitriles is 1. The van der Waals surface area contributed by atoms with Gasteiger partial charge in [0.2, 0.25) is 0 Å². The fourth-order valence-electron chi connectivity index (χ4n) is 3.94. The zero-order valence-corrected chi connectivity index (χ0v) is 11.7. The summed E-state index contributed by atoms with van der Waals surface area (Å²) in [5.41, 5.74) is 1.00. The molecule has 0 saturated heterocycles. The Labute approximate surface area is 120 Å². The van der Waals surface area contributed by atoms with Crippen molar-refractivity contribution in [2.75, 3.05) is 5.32 Å². The normalized spacial score (nSPS) is 29.3. The second kappa shape index (κ2) is 5.83. The number of nitrogens with one attached hydrogen (secondary N) is 1. The average Bonchev–Trinajstić information content (AvgIpc) is 2.49. The van der Waals surface area contributed by atoms with Gasteiger partial charge < -0.3 is 5.32 Å². The highest BCUT2D eigenvalue weighted by atomic mass is 19.1. The van der Waals surface area contributed by atoms with Crippen LogP contribution < -0.4 is 5.32 Å². The lowest BCUT2D eigenvalue weighted by Crippen LogP contribution is -2.34. The Kier molecular flexibility index (Phi) is 3.91. The van der Waals surface area contributed by atoms with Gasteiger partial charge in [0.1, 0.15) is 11.9 Å². The van der Waals surface area contributed by atoms with E-state index in [2.05, 4.69) is 5.32 Å². The molecule has 2 saturated carbocycles. The summed E-state index contributed by atoms with van der Waals surface area (Å²) in [7, 11) is 0. The Bertz CT molecular complexity index is 520. The summed E-state index contributed by atoms with van der Waals surface area (Å²) in [5.74, 6) is 1.37. The Morgan fingerprint density at radius 2 is 1.90 bits per heavy atom. The van der Waals surface area contributed by atoms with E-state index in [4.69, 9.17) is 5.26 Å². The molecule has 2 aliphatic rings. The first kappa shape index (κ1) is 13.4. The number of rotatable bonds is 2. The fraction of sp³-hybridized carbons (Fsp3) is 0.588. The van der Waals surface area contributed by atoms with E-state index in [0.717, 1.165) is 17.5 Å². The molecule has 20 heavy (non-hydrogen) atoms. The SMILES string of the molecule is N#Cc1cc(NC2CCC3CCCCC3C2)ccc1F. The Hall–Kier alpha value is -1.56. The molecule has 0 spiro atoms. The molecule has 2 aliphatic carbocycles. The van der Waals surface area contributed by atoms with Gasteiger partial charge in [-0.15, -0.1) is 0 Å². The number of hydrogen-bond acceptors (Lipinski definition) is 2. The first-order chi connectivity index (χ1) is 9.76. The third-order valence-electron chi connectivity index (χ3n) is 5.00. The van der Waals surface area contributed by atoms with Gasteiger partial charge in [0, 0.05) is 11.7 Å². The highest BCUT2D eigenvalue weighted by Crippen LogP contribution is 2.41. The Morgan fingerprint density at radius 1 is 1.10 bits per heavy atom. The summed E-state index contributed by atoms with van der Waals surface area (Å²) < 4.78 is 13.3. The largest absolute Gasteiger partial charge is 0.382 e. The van der Waals surface area contributed by atoms with E-state index in [1.807, 2.05) is 6.07 Å². The monoisotopic (exact) mass is 272 g/mol. The van der Waals surface area contributed by atoms with Crippen molar-refractivity contribution in [3.8, 4) is 6.07 Å². The fourth-order valence-corrected chi connectivity index (χ4v) is 3.94. The number of hydrogen-bond donors (Lipinski definition) is 1. The molecule has 1 aromatic rings. The smallest absolute Gasteiger partial charge is 0.141 e. The molecule has 2 fully saturated rings. The molecule has 0 amide bonds. The third kappa shape index (κ3) is 2.80. The Balaban J connectivity index is 1.65. The minimum atomic E-state index is -0.436. The van der Waals surface area contributed by atoms with Crippen molar-refractivity contribution in [3.63, 3.8) is 0 Å². The molecule has 3 unspecified atom stereocenters. The summed E-state index contributed by atoms with van der Waals surface area (Å²) in [6.07, 6.45) is 9.30. The molecule has 0 heterocycles. The maximum absolute atomic E-state index is 13.3. The number of nitrogens with zero attached hydrogens (tertiary/aromatic N) is 1. The molecule has 2 nitrogen and oxygen atoms in total. The molecule has 106 valence electrons. The predicted octanol–water partition coefficient (Wildman–Crippen LogP) is 4.47. The molecule has 3 atom stereocenters. The minimum absolute atomic E-state index is 0.126. The summed E-state index contributed by atoms with van der Waals surface area (Å²) in [6.45, 7) is 0. The zero-order chi connectivity index (χ0) is 13.9. The van der Waals surface area contributed by atoms with Gasteiger partial charge in [-0.25, -0.2) is 4.39 Å². The second-order valence-corrected chi connectivity index (χ2v) is 6.27. The molecular formula is C17H21FN2. The van der Waals surface area contributed by atoms with E-state index in [0.29, 0.717) is 6.04 Å². The molecule has 0 aliphatic heterocycles. The molecule has 0 radical (unpaired) electrons. The standard InChI is InChI=1S/C17H21FN2/c18-17-8-7-16(10-14(17)11-19)20-15-6-5-12-3-1-2-4-13(12)9-15/h7-8,10,12-13,15,20H,1-6,9H2. The average molecular weight is 272 g/mol. The van der Waals surface area contributed by atoms with Crippen molar-refractivity contribution in [1.29, 1.82) is 5.26 Å². The molecule has 1 N–H and O–H groups in total. The quantitative estimate of drug-likeness (QED) is 0.862. The van der Waals surface area contributed by atoms with E-state index in [1.165, 1.54) is 51.0 Å². The van der Waals surface area contributed by atoms with Crippen LogP contribution in [0.2, 0.25) is 0 Å². The molecule has 3 rings (SSSR count). The van der Waals surface area contributed by atoms with Crippen LogP contribution in [0, 0.1) is 29.0 Å². The summed E-state index contributed by atoms with van der Waals surface area (Å²) in [4.78, 5) is 0.